The van der Waals surface area contributed by atoms with Crippen LogP contribution in [0, 0.1) is 13.8 Å². The van der Waals surface area contributed by atoms with Crippen molar-refractivity contribution < 1.29 is 13.9 Å². The molecule has 0 aliphatic heterocycles. The number of oxazole rings is 1. The van der Waals surface area contributed by atoms with Gasteiger partial charge in [0.2, 0.25) is 5.95 Å². The first-order valence-corrected chi connectivity index (χ1v) is 11.4. The summed E-state index contributed by atoms with van der Waals surface area (Å²) in [7, 11) is 1.65. The maximum Gasteiger partial charge on any atom is 0.299 e. The normalized spacial score (nSPS) is 10.8. The molecular formula is C26H31N5O3. The number of nitrogens with one attached hydrogen (secondary N) is 3. The molecule has 0 fully saturated rings. The molecule has 0 aliphatic rings. The Balaban J connectivity index is 1.27. The van der Waals surface area contributed by atoms with Crippen molar-refractivity contribution in [3.63, 3.8) is 0 Å². The lowest BCUT2D eigenvalue weighted by Gasteiger charge is -2.11. The van der Waals surface area contributed by atoms with Crippen molar-refractivity contribution in [2.75, 3.05) is 24.4 Å². The number of nitrogens with zero attached hydrogens (tertiary/aromatic N) is 2. The molecule has 0 atom stereocenters. The van der Waals surface area contributed by atoms with Gasteiger partial charge in [-0.25, -0.2) is 9.97 Å². The summed E-state index contributed by atoms with van der Waals surface area (Å²) in [6.45, 7) is 6.74. The van der Waals surface area contributed by atoms with Crippen LogP contribution in [0.4, 0.5) is 23.3 Å². The summed E-state index contributed by atoms with van der Waals surface area (Å²) >= 11 is 0. The zero-order chi connectivity index (χ0) is 23.9. The summed E-state index contributed by atoms with van der Waals surface area (Å²) in [6, 6.07) is 12.3. The first-order chi connectivity index (χ1) is 16.5. The van der Waals surface area contributed by atoms with Crippen LogP contribution in [-0.2, 0) is 12.8 Å². The minimum atomic E-state index is 0.464. The number of benzene rings is 2. The van der Waals surface area contributed by atoms with Crippen LogP contribution in [0.1, 0.15) is 35.9 Å². The molecule has 4 rings (SSSR count). The molecule has 0 bridgehead atoms. The second-order valence-corrected chi connectivity index (χ2v) is 8.10. The summed E-state index contributed by atoms with van der Waals surface area (Å²) in [6.07, 6.45) is 6.05. The lowest BCUT2D eigenvalue weighted by Crippen LogP contribution is -2.01. The average molecular weight is 462 g/mol. The second-order valence-electron chi connectivity index (χ2n) is 8.10. The van der Waals surface area contributed by atoms with E-state index in [9.17, 15) is 0 Å². The lowest BCUT2D eigenvalue weighted by atomic mass is 10.2. The van der Waals surface area contributed by atoms with Crippen LogP contribution in [0.15, 0.2) is 53.2 Å². The van der Waals surface area contributed by atoms with Crippen molar-refractivity contribution in [1.82, 2.24) is 15.0 Å². The molecule has 178 valence electrons. The quantitative estimate of drug-likeness (QED) is 0.233. The highest BCUT2D eigenvalue weighted by Crippen LogP contribution is 2.26. The van der Waals surface area contributed by atoms with E-state index in [2.05, 4.69) is 39.4 Å². The van der Waals surface area contributed by atoms with Crippen molar-refractivity contribution >= 4 is 23.3 Å². The molecule has 0 saturated heterocycles. The van der Waals surface area contributed by atoms with E-state index < -0.39 is 0 Å². The number of aromatic nitrogens is 3. The van der Waals surface area contributed by atoms with Gasteiger partial charge in [-0.15, -0.1) is 0 Å². The van der Waals surface area contributed by atoms with Gasteiger partial charge in [0, 0.05) is 35.6 Å². The monoisotopic (exact) mass is 461 g/mol. The number of aryl methyl sites for hydroxylation is 4. The molecular weight excluding hydrogens is 430 g/mol. The highest BCUT2D eigenvalue weighted by atomic mass is 16.5. The van der Waals surface area contributed by atoms with Gasteiger partial charge in [-0.2, -0.15) is 0 Å². The fourth-order valence-corrected chi connectivity index (χ4v) is 3.45. The van der Waals surface area contributed by atoms with Crippen molar-refractivity contribution in [2.24, 2.45) is 0 Å². The van der Waals surface area contributed by atoms with E-state index in [4.69, 9.17) is 13.9 Å². The van der Waals surface area contributed by atoms with Gasteiger partial charge in [0.15, 0.2) is 0 Å². The number of ether oxygens (including phenoxy) is 2. The molecule has 2 aromatic heterocycles. The molecule has 8 heteroatoms. The molecule has 0 radical (unpaired) electrons. The zero-order valence-electron chi connectivity index (χ0n) is 20.1. The van der Waals surface area contributed by atoms with E-state index in [1.54, 1.807) is 13.3 Å². The highest BCUT2D eigenvalue weighted by molar-refractivity contribution is 5.61. The molecule has 0 amide bonds. The van der Waals surface area contributed by atoms with Crippen LogP contribution >= 0.6 is 0 Å². The number of hydrogen-bond acceptors (Lipinski definition) is 7. The first kappa shape index (κ1) is 23.2. The van der Waals surface area contributed by atoms with Crippen LogP contribution in [0.5, 0.6) is 11.5 Å². The Hall–Kier alpha value is -3.94. The van der Waals surface area contributed by atoms with Gasteiger partial charge in [0.05, 0.1) is 26.1 Å². The first-order valence-electron chi connectivity index (χ1n) is 11.4. The number of methoxy groups -OCH3 is 1. The Morgan fingerprint density at radius 3 is 2.41 bits per heavy atom. The minimum absolute atomic E-state index is 0.464. The molecule has 0 aliphatic carbocycles. The van der Waals surface area contributed by atoms with E-state index in [1.807, 2.05) is 49.5 Å². The van der Waals surface area contributed by atoms with Crippen molar-refractivity contribution in [3.05, 3.63) is 71.4 Å². The maximum absolute atomic E-state index is 5.97. The molecule has 8 nitrogen and oxygen atoms in total. The molecule has 0 unspecified atom stereocenters. The summed E-state index contributed by atoms with van der Waals surface area (Å²) in [5.41, 5.74) is 5.17. The average Bonchev–Trinajstić information content (AvgIpc) is 3.49. The van der Waals surface area contributed by atoms with Gasteiger partial charge in [-0.1, -0.05) is 19.1 Å². The summed E-state index contributed by atoms with van der Waals surface area (Å²) < 4.78 is 17.1. The molecule has 0 spiro atoms. The lowest BCUT2D eigenvalue weighted by molar-refractivity contribution is 0.306. The smallest absolute Gasteiger partial charge is 0.299 e. The molecule has 2 aromatic carbocycles. The SMILES string of the molecule is CCc1cnc(Nc2cc(OCCCc3cnc(Nc4cc(OC)ccc4C)o3)ccc2C)[nH]1. The molecule has 4 aromatic rings. The molecule has 3 N–H and O–H groups in total. The van der Waals surface area contributed by atoms with Crippen LogP contribution < -0.4 is 20.1 Å². The fraction of sp³-hybridized carbons (Fsp3) is 0.308. The zero-order valence-corrected chi connectivity index (χ0v) is 20.1. The van der Waals surface area contributed by atoms with Gasteiger partial charge in [-0.05, 0) is 49.9 Å². The highest BCUT2D eigenvalue weighted by Gasteiger charge is 2.08. The Morgan fingerprint density at radius 1 is 0.941 bits per heavy atom. The van der Waals surface area contributed by atoms with E-state index in [0.29, 0.717) is 12.6 Å². The Bertz CT molecular complexity index is 1230. The number of H-pyrrole nitrogens is 1. The Kier molecular flexibility index (Phi) is 7.37. The van der Waals surface area contributed by atoms with Gasteiger partial charge >= 0.3 is 0 Å². The predicted octanol–water partition coefficient (Wildman–Crippen LogP) is 6.08. The van der Waals surface area contributed by atoms with Crippen molar-refractivity contribution in [3.8, 4) is 11.5 Å². The maximum atomic E-state index is 5.97. The van der Waals surface area contributed by atoms with Gasteiger partial charge < -0.3 is 29.5 Å². The van der Waals surface area contributed by atoms with Crippen LogP contribution in [0.2, 0.25) is 0 Å². The largest absolute Gasteiger partial charge is 0.497 e. The Morgan fingerprint density at radius 2 is 1.68 bits per heavy atom. The third-order valence-electron chi connectivity index (χ3n) is 5.55. The third-order valence-corrected chi connectivity index (χ3v) is 5.55. The Labute approximate surface area is 199 Å². The van der Waals surface area contributed by atoms with Gasteiger partial charge in [0.1, 0.15) is 17.3 Å². The predicted molar refractivity (Wildman–Crippen MR) is 134 cm³/mol. The fourth-order valence-electron chi connectivity index (χ4n) is 3.45. The second kappa shape index (κ2) is 10.8. The van der Waals surface area contributed by atoms with Gasteiger partial charge in [-0.3, -0.25) is 0 Å². The van der Waals surface area contributed by atoms with Crippen LogP contribution in [0.25, 0.3) is 0 Å². The standard InChI is InChI=1S/C26H31N5O3/c1-5-19-15-27-25(29-19)30-23-14-21(11-9-17(23)2)33-12-6-7-22-16-28-26(34-22)31-24-13-20(32-4)10-8-18(24)3/h8-11,13-16H,5-7,12H2,1-4H3,(H,28,31)(H2,27,29,30). The number of rotatable bonds is 11. The summed E-state index contributed by atoms with van der Waals surface area (Å²) in [5, 5.41) is 6.55. The van der Waals surface area contributed by atoms with E-state index in [0.717, 1.165) is 70.7 Å². The topological polar surface area (TPSA) is 97.2 Å². The summed E-state index contributed by atoms with van der Waals surface area (Å²) in [5.74, 6) is 3.13. The van der Waals surface area contributed by atoms with E-state index >= 15 is 0 Å². The number of imidazole rings is 1. The number of hydrogen-bond donors (Lipinski definition) is 3. The molecule has 34 heavy (non-hydrogen) atoms. The number of aromatic amines is 1. The van der Waals surface area contributed by atoms with E-state index in [1.165, 1.54) is 0 Å². The van der Waals surface area contributed by atoms with Crippen molar-refractivity contribution in [2.45, 2.75) is 40.0 Å². The molecule has 2 heterocycles. The van der Waals surface area contributed by atoms with Gasteiger partial charge in [0.25, 0.3) is 6.01 Å². The minimum Gasteiger partial charge on any atom is -0.497 e. The van der Waals surface area contributed by atoms with Crippen molar-refractivity contribution in [1.29, 1.82) is 0 Å². The summed E-state index contributed by atoms with van der Waals surface area (Å²) in [4.78, 5) is 12.0. The van der Waals surface area contributed by atoms with Crippen LogP contribution in [0.3, 0.4) is 0 Å². The number of anilines is 4. The van der Waals surface area contributed by atoms with Crippen LogP contribution in [-0.4, -0.2) is 28.7 Å². The molecule has 0 saturated carbocycles. The van der Waals surface area contributed by atoms with E-state index in [-0.39, 0.29) is 0 Å². The third kappa shape index (κ3) is 5.89.